The lowest BCUT2D eigenvalue weighted by molar-refractivity contribution is 0.0794. The maximum atomic E-state index is 12.9. The van der Waals surface area contributed by atoms with Crippen molar-refractivity contribution in [2.45, 2.75) is 35.6 Å². The van der Waals surface area contributed by atoms with Crippen molar-refractivity contribution in [2.75, 3.05) is 13.1 Å². The SMILES string of the molecule is O=C(NN1CCCCCC1)c1ccc2c(c1)N=C(c1cccc(Cl)c1)c1nc[nH]c1S2. The van der Waals surface area contributed by atoms with Crippen molar-refractivity contribution in [1.29, 1.82) is 0 Å². The van der Waals surface area contributed by atoms with E-state index in [0.29, 0.717) is 10.6 Å². The average molecular weight is 452 g/mol. The number of hydrogen-bond donors (Lipinski definition) is 2. The third-order valence-corrected chi connectivity index (χ3v) is 6.77. The van der Waals surface area contributed by atoms with Gasteiger partial charge < -0.3 is 4.98 Å². The zero-order valence-electron chi connectivity index (χ0n) is 16.9. The Morgan fingerprint density at radius 2 is 1.94 bits per heavy atom. The zero-order valence-corrected chi connectivity index (χ0v) is 18.5. The van der Waals surface area contributed by atoms with Crippen molar-refractivity contribution in [1.82, 2.24) is 20.4 Å². The molecule has 0 bridgehead atoms. The van der Waals surface area contributed by atoms with Crippen molar-refractivity contribution < 1.29 is 4.79 Å². The molecular weight excluding hydrogens is 430 g/mol. The number of aromatic nitrogens is 2. The van der Waals surface area contributed by atoms with E-state index in [1.165, 1.54) is 12.8 Å². The second kappa shape index (κ2) is 8.86. The molecule has 0 spiro atoms. The standard InChI is InChI=1S/C23H22ClN5OS/c24-17-7-5-6-15(12-17)20-21-23(26-14-25-21)31-19-9-8-16(13-18(19)27-20)22(30)28-29-10-3-1-2-4-11-29/h5-9,12-14H,1-4,10-11H2,(H,25,26)(H,28,30). The molecule has 0 radical (unpaired) electrons. The predicted octanol–water partition coefficient (Wildman–Crippen LogP) is 5.22. The number of halogens is 1. The summed E-state index contributed by atoms with van der Waals surface area (Å²) in [4.78, 5) is 26.5. The van der Waals surface area contributed by atoms with Gasteiger partial charge in [-0.25, -0.2) is 15.0 Å². The van der Waals surface area contributed by atoms with E-state index in [2.05, 4.69) is 15.4 Å². The number of H-pyrrole nitrogens is 1. The molecule has 5 rings (SSSR count). The summed E-state index contributed by atoms with van der Waals surface area (Å²) in [6.07, 6.45) is 6.33. The lowest BCUT2D eigenvalue weighted by atomic mass is 10.1. The van der Waals surface area contributed by atoms with Crippen LogP contribution in [-0.4, -0.2) is 39.7 Å². The fourth-order valence-electron chi connectivity index (χ4n) is 3.87. The number of hydrogen-bond acceptors (Lipinski definition) is 5. The number of carbonyl (C=O) groups is 1. The number of rotatable bonds is 3. The number of amides is 1. The van der Waals surface area contributed by atoms with Gasteiger partial charge in [0.25, 0.3) is 5.91 Å². The van der Waals surface area contributed by atoms with Gasteiger partial charge in [0, 0.05) is 34.1 Å². The molecule has 31 heavy (non-hydrogen) atoms. The lowest BCUT2D eigenvalue weighted by Crippen LogP contribution is -2.42. The summed E-state index contributed by atoms with van der Waals surface area (Å²) >= 11 is 7.79. The quantitative estimate of drug-likeness (QED) is 0.448. The number of nitrogens with one attached hydrogen (secondary N) is 2. The molecule has 2 aromatic carbocycles. The van der Waals surface area contributed by atoms with Crippen LogP contribution in [0.5, 0.6) is 0 Å². The third kappa shape index (κ3) is 4.39. The number of aromatic amines is 1. The molecule has 1 aromatic heterocycles. The second-order valence-electron chi connectivity index (χ2n) is 7.68. The second-order valence-corrected chi connectivity index (χ2v) is 9.17. The van der Waals surface area contributed by atoms with Gasteiger partial charge >= 0.3 is 0 Å². The first-order valence-electron chi connectivity index (χ1n) is 10.4. The summed E-state index contributed by atoms with van der Waals surface area (Å²) in [7, 11) is 0. The molecule has 2 aliphatic heterocycles. The monoisotopic (exact) mass is 451 g/mol. The Hall–Kier alpha value is -2.61. The van der Waals surface area contributed by atoms with Gasteiger partial charge in [-0.3, -0.25) is 10.2 Å². The van der Waals surface area contributed by atoms with Gasteiger partial charge in [-0.2, -0.15) is 0 Å². The first-order chi connectivity index (χ1) is 15.2. The van der Waals surface area contributed by atoms with Gasteiger partial charge in [0.05, 0.1) is 17.7 Å². The van der Waals surface area contributed by atoms with Gasteiger partial charge in [-0.05, 0) is 43.2 Å². The molecule has 2 aliphatic rings. The van der Waals surface area contributed by atoms with Gasteiger partial charge in [-0.15, -0.1) is 0 Å². The largest absolute Gasteiger partial charge is 0.339 e. The van der Waals surface area contributed by atoms with Crippen LogP contribution in [0.4, 0.5) is 5.69 Å². The molecule has 0 atom stereocenters. The highest BCUT2D eigenvalue weighted by molar-refractivity contribution is 7.99. The summed E-state index contributed by atoms with van der Waals surface area (Å²) in [6, 6.07) is 13.2. The van der Waals surface area contributed by atoms with Crippen LogP contribution in [0.15, 0.2) is 63.7 Å². The van der Waals surface area contributed by atoms with Gasteiger partial charge in [0.1, 0.15) is 10.7 Å². The Balaban J connectivity index is 1.50. The first kappa shape index (κ1) is 20.3. The van der Waals surface area contributed by atoms with Crippen LogP contribution in [0.1, 0.15) is 47.3 Å². The van der Waals surface area contributed by atoms with Crippen molar-refractivity contribution in [3.8, 4) is 0 Å². The summed E-state index contributed by atoms with van der Waals surface area (Å²) in [5, 5.41) is 3.59. The van der Waals surface area contributed by atoms with Crippen LogP contribution in [0, 0.1) is 0 Å². The van der Waals surface area contributed by atoms with Crippen molar-refractivity contribution in [3.05, 3.63) is 70.6 Å². The molecule has 1 fully saturated rings. The smallest absolute Gasteiger partial charge is 0.265 e. The Kier molecular flexibility index (Phi) is 5.80. The minimum atomic E-state index is -0.102. The van der Waals surface area contributed by atoms with Crippen LogP contribution < -0.4 is 5.43 Å². The Bertz CT molecular complexity index is 1150. The van der Waals surface area contributed by atoms with E-state index in [0.717, 1.165) is 58.5 Å². The van der Waals surface area contributed by atoms with Gasteiger partial charge in [-0.1, -0.05) is 48.3 Å². The highest BCUT2D eigenvalue weighted by Gasteiger charge is 2.23. The molecule has 1 saturated heterocycles. The molecule has 8 heteroatoms. The van der Waals surface area contributed by atoms with Crippen LogP contribution >= 0.6 is 23.4 Å². The number of hydrazine groups is 1. The average Bonchev–Trinajstić information content (AvgIpc) is 2.98. The molecular formula is C23H22ClN5OS. The highest BCUT2D eigenvalue weighted by atomic mass is 35.5. The fraction of sp³-hybridized carbons (Fsp3) is 0.261. The zero-order chi connectivity index (χ0) is 21.2. The van der Waals surface area contributed by atoms with E-state index >= 15 is 0 Å². The fourth-order valence-corrected chi connectivity index (χ4v) is 4.99. The minimum absolute atomic E-state index is 0.102. The van der Waals surface area contributed by atoms with E-state index in [4.69, 9.17) is 16.6 Å². The molecule has 6 nitrogen and oxygen atoms in total. The Labute approximate surface area is 190 Å². The van der Waals surface area contributed by atoms with Gasteiger partial charge in [0.15, 0.2) is 0 Å². The number of carbonyl (C=O) groups excluding carboxylic acids is 1. The summed E-state index contributed by atoms with van der Waals surface area (Å²) in [5.41, 5.74) is 6.79. The van der Waals surface area contributed by atoms with E-state index in [-0.39, 0.29) is 5.91 Å². The number of aliphatic imine (C=N–C) groups is 1. The maximum absolute atomic E-state index is 12.9. The van der Waals surface area contributed by atoms with Crippen LogP contribution in [-0.2, 0) is 0 Å². The molecule has 0 unspecified atom stereocenters. The molecule has 3 heterocycles. The van der Waals surface area contributed by atoms with E-state index in [9.17, 15) is 4.79 Å². The number of fused-ring (bicyclic) bond motifs is 2. The van der Waals surface area contributed by atoms with Crippen LogP contribution in [0.3, 0.4) is 0 Å². The van der Waals surface area contributed by atoms with Crippen LogP contribution in [0.25, 0.3) is 0 Å². The summed E-state index contributed by atoms with van der Waals surface area (Å²) < 4.78 is 0. The first-order valence-corrected chi connectivity index (χ1v) is 11.6. The molecule has 2 N–H and O–H groups in total. The molecule has 158 valence electrons. The topological polar surface area (TPSA) is 73.4 Å². The van der Waals surface area contributed by atoms with Crippen LogP contribution in [0.2, 0.25) is 5.02 Å². The Morgan fingerprint density at radius 3 is 2.74 bits per heavy atom. The van der Waals surface area contributed by atoms with E-state index in [1.807, 2.05) is 47.5 Å². The molecule has 0 aliphatic carbocycles. The number of benzene rings is 2. The third-order valence-electron chi connectivity index (χ3n) is 5.46. The van der Waals surface area contributed by atoms with Crippen molar-refractivity contribution in [3.63, 3.8) is 0 Å². The lowest BCUT2D eigenvalue weighted by Gasteiger charge is -2.21. The summed E-state index contributed by atoms with van der Waals surface area (Å²) in [5.74, 6) is -0.102. The Morgan fingerprint density at radius 1 is 1.10 bits per heavy atom. The summed E-state index contributed by atoms with van der Waals surface area (Å²) in [6.45, 7) is 1.79. The molecule has 0 saturated carbocycles. The normalized spacial score (nSPS) is 16.5. The number of nitrogens with zero attached hydrogens (tertiary/aromatic N) is 3. The van der Waals surface area contributed by atoms with Gasteiger partial charge in [0.2, 0.25) is 0 Å². The number of imidazole rings is 1. The molecule has 3 aromatic rings. The van der Waals surface area contributed by atoms with Crippen molar-refractivity contribution in [2.24, 2.45) is 4.99 Å². The predicted molar refractivity (Wildman–Crippen MR) is 123 cm³/mol. The van der Waals surface area contributed by atoms with E-state index in [1.54, 1.807) is 18.1 Å². The highest BCUT2D eigenvalue weighted by Crippen LogP contribution is 2.40. The minimum Gasteiger partial charge on any atom is -0.339 e. The molecule has 1 amide bonds. The maximum Gasteiger partial charge on any atom is 0.265 e. The van der Waals surface area contributed by atoms with Crippen molar-refractivity contribution >= 4 is 40.7 Å². The van der Waals surface area contributed by atoms with E-state index < -0.39 is 0 Å².